The molecule has 1 heterocycles. The molecule has 0 fully saturated rings. The summed E-state index contributed by atoms with van der Waals surface area (Å²) in [4.78, 5) is 0. The second-order valence-corrected chi connectivity index (χ2v) is 3.54. The van der Waals surface area contributed by atoms with E-state index in [1.54, 1.807) is 0 Å². The minimum absolute atomic E-state index is 1.22. The molecule has 0 saturated heterocycles. The third-order valence-corrected chi connectivity index (χ3v) is 2.27. The molecule has 0 unspecified atom stereocenters. The fourth-order valence-corrected chi connectivity index (χ4v) is 1.38. The Hall–Kier alpha value is -1.89. The smallest absolute Gasteiger partial charge is 0.169 e. The number of pyridine rings is 1. The maximum absolute atomic E-state index is 2.12. The molecule has 2 rings (SSSR count). The van der Waals surface area contributed by atoms with Crippen LogP contribution in [0.4, 0.5) is 0 Å². The summed E-state index contributed by atoms with van der Waals surface area (Å²) in [6, 6.07) is 14.5. The van der Waals surface area contributed by atoms with Gasteiger partial charge in [-0.1, -0.05) is 42.5 Å². The molecule has 0 radical (unpaired) electrons. The largest absolute Gasteiger partial charge is 0.208 e. The van der Waals surface area contributed by atoms with E-state index in [0.717, 1.165) is 0 Å². The molecule has 0 bridgehead atoms. The van der Waals surface area contributed by atoms with Gasteiger partial charge in [-0.2, -0.15) is 0 Å². The molecule has 74 valence electrons. The molecule has 0 aliphatic heterocycles. The Morgan fingerprint density at radius 3 is 1.93 bits per heavy atom. The zero-order valence-corrected chi connectivity index (χ0v) is 8.80. The van der Waals surface area contributed by atoms with Crippen LogP contribution in [-0.4, -0.2) is 0 Å². The maximum Gasteiger partial charge on any atom is 0.169 e. The molecule has 1 aromatic heterocycles. The lowest BCUT2D eigenvalue weighted by Crippen LogP contribution is -2.25. The van der Waals surface area contributed by atoms with Crippen molar-refractivity contribution in [3.8, 4) is 0 Å². The van der Waals surface area contributed by atoms with Crippen LogP contribution in [0.15, 0.2) is 54.9 Å². The first-order valence-corrected chi connectivity index (χ1v) is 5.03. The SMILES string of the molecule is C[n+]1ccc(/C=C/c2ccccc2)cc1. The first-order valence-electron chi connectivity index (χ1n) is 5.03. The predicted molar refractivity (Wildman–Crippen MR) is 63.0 cm³/mol. The molecule has 0 amide bonds. The van der Waals surface area contributed by atoms with Crippen LogP contribution in [0.1, 0.15) is 11.1 Å². The lowest BCUT2D eigenvalue weighted by molar-refractivity contribution is -0.671. The van der Waals surface area contributed by atoms with Gasteiger partial charge in [-0.05, 0) is 11.1 Å². The van der Waals surface area contributed by atoms with E-state index in [1.807, 2.05) is 42.2 Å². The van der Waals surface area contributed by atoms with Gasteiger partial charge in [0.25, 0.3) is 0 Å². The fraction of sp³-hybridized carbons (Fsp3) is 0.0714. The van der Waals surface area contributed by atoms with Crippen molar-refractivity contribution in [2.45, 2.75) is 0 Å². The molecule has 0 atom stereocenters. The number of benzene rings is 1. The normalized spacial score (nSPS) is 10.7. The molecule has 1 aromatic carbocycles. The van der Waals surface area contributed by atoms with Crippen LogP contribution in [0.5, 0.6) is 0 Å². The molecule has 1 nitrogen and oxygen atoms in total. The molecule has 2 aromatic rings. The predicted octanol–water partition coefficient (Wildman–Crippen LogP) is 2.68. The summed E-state index contributed by atoms with van der Waals surface area (Å²) in [6.45, 7) is 0. The molecular formula is C14H14N+. The van der Waals surface area contributed by atoms with Crippen molar-refractivity contribution in [1.82, 2.24) is 0 Å². The Morgan fingerprint density at radius 1 is 0.800 bits per heavy atom. The highest BCUT2D eigenvalue weighted by Crippen LogP contribution is 2.05. The van der Waals surface area contributed by atoms with Crippen molar-refractivity contribution in [3.05, 3.63) is 66.0 Å². The highest BCUT2D eigenvalue weighted by molar-refractivity contribution is 5.68. The van der Waals surface area contributed by atoms with Gasteiger partial charge in [0, 0.05) is 12.1 Å². The first-order chi connectivity index (χ1) is 7.34. The van der Waals surface area contributed by atoms with Crippen LogP contribution in [0.2, 0.25) is 0 Å². The average Bonchev–Trinajstić information content (AvgIpc) is 2.30. The summed E-state index contributed by atoms with van der Waals surface area (Å²) in [7, 11) is 2.02. The topological polar surface area (TPSA) is 3.88 Å². The first kappa shape index (κ1) is 9.66. The molecule has 1 heteroatoms. The van der Waals surface area contributed by atoms with Gasteiger partial charge in [-0.15, -0.1) is 0 Å². The minimum Gasteiger partial charge on any atom is -0.208 e. The number of hydrogen-bond donors (Lipinski definition) is 0. The quantitative estimate of drug-likeness (QED) is 0.650. The van der Waals surface area contributed by atoms with Crippen LogP contribution in [0, 0.1) is 0 Å². The fourth-order valence-electron chi connectivity index (χ4n) is 1.38. The van der Waals surface area contributed by atoms with Crippen molar-refractivity contribution >= 4 is 12.2 Å². The molecule has 0 saturated carbocycles. The van der Waals surface area contributed by atoms with E-state index >= 15 is 0 Å². The number of rotatable bonds is 2. The standard InChI is InChI=1S/C14H14N/c1-15-11-9-14(10-12-15)8-7-13-5-3-2-4-6-13/h2-12H,1H3/q+1/b8-7+. The second-order valence-electron chi connectivity index (χ2n) is 3.54. The van der Waals surface area contributed by atoms with Gasteiger partial charge in [0.1, 0.15) is 7.05 Å². The van der Waals surface area contributed by atoms with Gasteiger partial charge in [0.05, 0.1) is 0 Å². The molecule has 0 spiro atoms. The van der Waals surface area contributed by atoms with Gasteiger partial charge in [0.2, 0.25) is 0 Å². The number of aromatic nitrogens is 1. The lowest BCUT2D eigenvalue weighted by atomic mass is 10.1. The summed E-state index contributed by atoms with van der Waals surface area (Å²) in [5.41, 5.74) is 2.45. The van der Waals surface area contributed by atoms with Gasteiger partial charge < -0.3 is 0 Å². The van der Waals surface area contributed by atoms with Gasteiger partial charge in [-0.3, -0.25) is 0 Å². The van der Waals surface area contributed by atoms with Gasteiger partial charge >= 0.3 is 0 Å². The van der Waals surface area contributed by atoms with Crippen LogP contribution in [-0.2, 0) is 7.05 Å². The van der Waals surface area contributed by atoms with E-state index in [-0.39, 0.29) is 0 Å². The third kappa shape index (κ3) is 2.78. The summed E-state index contributed by atoms with van der Waals surface area (Å²) < 4.78 is 2.03. The minimum atomic E-state index is 1.22. The summed E-state index contributed by atoms with van der Waals surface area (Å²) >= 11 is 0. The Kier molecular flexibility index (Phi) is 2.93. The summed E-state index contributed by atoms with van der Waals surface area (Å²) in [6.07, 6.45) is 8.33. The highest BCUT2D eigenvalue weighted by atomic mass is 14.9. The van der Waals surface area contributed by atoms with Gasteiger partial charge in [-0.25, -0.2) is 4.57 Å². The Morgan fingerprint density at radius 2 is 1.33 bits per heavy atom. The lowest BCUT2D eigenvalue weighted by Gasteiger charge is -1.92. The van der Waals surface area contributed by atoms with E-state index in [4.69, 9.17) is 0 Å². The van der Waals surface area contributed by atoms with E-state index in [0.29, 0.717) is 0 Å². The van der Waals surface area contributed by atoms with E-state index in [9.17, 15) is 0 Å². The number of aryl methyl sites for hydroxylation is 1. The highest BCUT2D eigenvalue weighted by Gasteiger charge is 1.90. The third-order valence-electron chi connectivity index (χ3n) is 2.27. The average molecular weight is 196 g/mol. The van der Waals surface area contributed by atoms with Crippen LogP contribution < -0.4 is 4.57 Å². The van der Waals surface area contributed by atoms with Crippen molar-refractivity contribution in [3.63, 3.8) is 0 Å². The van der Waals surface area contributed by atoms with E-state index < -0.39 is 0 Å². The summed E-state index contributed by atoms with van der Waals surface area (Å²) in [5, 5.41) is 0. The van der Waals surface area contributed by atoms with Gasteiger partial charge in [0.15, 0.2) is 12.4 Å². The maximum atomic E-state index is 2.12. The van der Waals surface area contributed by atoms with Crippen molar-refractivity contribution in [2.75, 3.05) is 0 Å². The Labute approximate surface area is 90.3 Å². The number of hydrogen-bond acceptors (Lipinski definition) is 0. The van der Waals surface area contributed by atoms with Crippen LogP contribution in [0.25, 0.3) is 12.2 Å². The zero-order valence-electron chi connectivity index (χ0n) is 8.80. The van der Waals surface area contributed by atoms with Crippen molar-refractivity contribution < 1.29 is 4.57 Å². The Bertz CT molecular complexity index is 441. The molecular weight excluding hydrogens is 182 g/mol. The van der Waals surface area contributed by atoms with E-state index in [1.165, 1.54) is 11.1 Å². The van der Waals surface area contributed by atoms with E-state index in [2.05, 4.69) is 36.4 Å². The molecule has 0 N–H and O–H groups in total. The zero-order chi connectivity index (χ0) is 10.5. The Balaban J connectivity index is 2.15. The second kappa shape index (κ2) is 4.56. The summed E-state index contributed by atoms with van der Waals surface area (Å²) in [5.74, 6) is 0. The van der Waals surface area contributed by atoms with Crippen LogP contribution in [0.3, 0.4) is 0 Å². The number of nitrogens with zero attached hydrogens (tertiary/aromatic N) is 1. The van der Waals surface area contributed by atoms with Crippen molar-refractivity contribution in [2.24, 2.45) is 7.05 Å². The van der Waals surface area contributed by atoms with Crippen molar-refractivity contribution in [1.29, 1.82) is 0 Å². The molecule has 15 heavy (non-hydrogen) atoms. The molecule has 0 aliphatic carbocycles. The van der Waals surface area contributed by atoms with Crippen LogP contribution >= 0.6 is 0 Å². The monoisotopic (exact) mass is 196 g/mol. The molecule has 0 aliphatic rings.